The van der Waals surface area contributed by atoms with Crippen LogP contribution in [-0.4, -0.2) is 5.78 Å². The van der Waals surface area contributed by atoms with Gasteiger partial charge in [0.25, 0.3) is 0 Å². The lowest BCUT2D eigenvalue weighted by atomic mass is 10.0. The number of carbonyl (C=O) groups is 1. The van der Waals surface area contributed by atoms with Crippen LogP contribution in [0.3, 0.4) is 0 Å². The van der Waals surface area contributed by atoms with Crippen LogP contribution in [-0.2, 0) is 4.79 Å². The number of rotatable bonds is 2. The highest BCUT2D eigenvalue weighted by molar-refractivity contribution is 5.87. The normalized spacial score (nSPS) is 17.0. The third-order valence-electron chi connectivity index (χ3n) is 1.58. The highest BCUT2D eigenvalue weighted by atomic mass is 16.1. The molecule has 0 amide bonds. The molecule has 1 aliphatic rings. The van der Waals surface area contributed by atoms with Crippen molar-refractivity contribution in [3.63, 3.8) is 0 Å². The molecule has 58 valence electrons. The Morgan fingerprint density at radius 1 is 1.64 bits per heavy atom. The molecular formula is C10H12O. The Bertz CT molecular complexity index is 231. The van der Waals surface area contributed by atoms with E-state index in [1.54, 1.807) is 13.0 Å². The van der Waals surface area contributed by atoms with E-state index in [-0.39, 0.29) is 5.78 Å². The van der Waals surface area contributed by atoms with E-state index in [2.05, 4.69) is 6.08 Å². The van der Waals surface area contributed by atoms with Gasteiger partial charge in [-0.05, 0) is 31.4 Å². The molecule has 0 saturated heterocycles. The maximum Gasteiger partial charge on any atom is 0.152 e. The zero-order valence-electron chi connectivity index (χ0n) is 6.71. The summed E-state index contributed by atoms with van der Waals surface area (Å²) in [6.45, 7) is 1.57. The predicted molar refractivity (Wildman–Crippen MR) is 46.3 cm³/mol. The monoisotopic (exact) mass is 148 g/mol. The summed E-state index contributed by atoms with van der Waals surface area (Å²) < 4.78 is 0. The maximum absolute atomic E-state index is 10.6. The molecule has 0 atom stereocenters. The second kappa shape index (κ2) is 3.91. The lowest BCUT2D eigenvalue weighted by Crippen LogP contribution is -1.85. The summed E-state index contributed by atoms with van der Waals surface area (Å²) in [5.41, 5.74) is 1.24. The fourth-order valence-corrected chi connectivity index (χ4v) is 0.984. The molecule has 0 aromatic heterocycles. The van der Waals surface area contributed by atoms with Gasteiger partial charge >= 0.3 is 0 Å². The zero-order chi connectivity index (χ0) is 8.10. The first kappa shape index (κ1) is 7.99. The van der Waals surface area contributed by atoms with Gasteiger partial charge in [-0.15, -0.1) is 0 Å². The molecule has 1 rings (SSSR count). The molecule has 0 heterocycles. The molecule has 0 unspecified atom stereocenters. The van der Waals surface area contributed by atoms with Gasteiger partial charge in [-0.25, -0.2) is 0 Å². The van der Waals surface area contributed by atoms with E-state index in [9.17, 15) is 4.79 Å². The first-order valence-electron chi connectivity index (χ1n) is 3.83. The molecule has 0 spiro atoms. The van der Waals surface area contributed by atoms with E-state index in [0.29, 0.717) is 0 Å². The van der Waals surface area contributed by atoms with Crippen LogP contribution in [0.25, 0.3) is 0 Å². The summed E-state index contributed by atoms with van der Waals surface area (Å²) in [5, 5.41) is 0. The molecule has 1 nitrogen and oxygen atoms in total. The molecule has 0 bridgehead atoms. The Morgan fingerprint density at radius 2 is 2.45 bits per heavy atom. The van der Waals surface area contributed by atoms with Crippen LogP contribution < -0.4 is 0 Å². The second-order valence-electron chi connectivity index (χ2n) is 2.65. The average Bonchev–Trinajstić information content (AvgIpc) is 2.03. The molecule has 11 heavy (non-hydrogen) atoms. The van der Waals surface area contributed by atoms with Crippen molar-refractivity contribution in [3.05, 3.63) is 36.0 Å². The van der Waals surface area contributed by atoms with Crippen molar-refractivity contribution in [1.29, 1.82) is 0 Å². The molecule has 0 aromatic carbocycles. The van der Waals surface area contributed by atoms with E-state index in [0.717, 1.165) is 12.8 Å². The standard InChI is InChI=1S/C10H12O/c1-9(11)7-8-10-5-3-2-4-6-10/h2-3,5,7-8H,4,6H2,1H3/b8-7+. The zero-order valence-corrected chi connectivity index (χ0v) is 6.71. The van der Waals surface area contributed by atoms with Crippen LogP contribution in [0.5, 0.6) is 0 Å². The van der Waals surface area contributed by atoms with Crippen molar-refractivity contribution in [2.45, 2.75) is 19.8 Å². The Morgan fingerprint density at radius 3 is 3.00 bits per heavy atom. The smallest absolute Gasteiger partial charge is 0.152 e. The highest BCUT2D eigenvalue weighted by Crippen LogP contribution is 2.12. The number of hydrogen-bond acceptors (Lipinski definition) is 1. The Hall–Kier alpha value is -1.11. The highest BCUT2D eigenvalue weighted by Gasteiger charge is 1.94. The first-order valence-corrected chi connectivity index (χ1v) is 3.83. The Balaban J connectivity index is 2.54. The van der Waals surface area contributed by atoms with Gasteiger partial charge in [0, 0.05) is 0 Å². The molecule has 1 heteroatoms. The van der Waals surface area contributed by atoms with E-state index in [4.69, 9.17) is 0 Å². The maximum atomic E-state index is 10.6. The molecule has 0 N–H and O–H groups in total. The predicted octanol–water partition coefficient (Wildman–Crippen LogP) is 2.41. The van der Waals surface area contributed by atoms with Crippen molar-refractivity contribution in [1.82, 2.24) is 0 Å². The van der Waals surface area contributed by atoms with E-state index in [1.165, 1.54) is 5.57 Å². The third kappa shape index (κ3) is 2.99. The van der Waals surface area contributed by atoms with Crippen molar-refractivity contribution in [2.75, 3.05) is 0 Å². The van der Waals surface area contributed by atoms with Gasteiger partial charge in [0.1, 0.15) is 0 Å². The van der Waals surface area contributed by atoms with Crippen LogP contribution >= 0.6 is 0 Å². The van der Waals surface area contributed by atoms with Crippen LogP contribution in [0.1, 0.15) is 19.8 Å². The van der Waals surface area contributed by atoms with Gasteiger partial charge in [0.15, 0.2) is 5.78 Å². The molecular weight excluding hydrogens is 136 g/mol. The lowest BCUT2D eigenvalue weighted by Gasteiger charge is -2.01. The molecule has 1 aliphatic carbocycles. The summed E-state index contributed by atoms with van der Waals surface area (Å²) in [7, 11) is 0. The van der Waals surface area contributed by atoms with Gasteiger partial charge < -0.3 is 0 Å². The van der Waals surface area contributed by atoms with Gasteiger partial charge in [-0.1, -0.05) is 24.3 Å². The topological polar surface area (TPSA) is 17.1 Å². The van der Waals surface area contributed by atoms with E-state index < -0.39 is 0 Å². The van der Waals surface area contributed by atoms with Crippen molar-refractivity contribution < 1.29 is 4.79 Å². The summed E-state index contributed by atoms with van der Waals surface area (Å²) in [5.74, 6) is 0.112. The summed E-state index contributed by atoms with van der Waals surface area (Å²) in [6, 6.07) is 0. The van der Waals surface area contributed by atoms with Gasteiger partial charge in [-0.2, -0.15) is 0 Å². The summed E-state index contributed by atoms with van der Waals surface area (Å²) in [4.78, 5) is 10.6. The Kier molecular flexibility index (Phi) is 2.84. The number of allylic oxidation sites excluding steroid dienone is 6. The third-order valence-corrected chi connectivity index (χ3v) is 1.58. The quantitative estimate of drug-likeness (QED) is 0.549. The van der Waals surface area contributed by atoms with Crippen LogP contribution in [0.2, 0.25) is 0 Å². The van der Waals surface area contributed by atoms with E-state index in [1.807, 2.05) is 18.2 Å². The molecule has 0 aliphatic heterocycles. The summed E-state index contributed by atoms with van der Waals surface area (Å²) in [6.07, 6.45) is 11.9. The van der Waals surface area contributed by atoms with Crippen molar-refractivity contribution in [3.8, 4) is 0 Å². The summed E-state index contributed by atoms with van der Waals surface area (Å²) >= 11 is 0. The minimum atomic E-state index is 0.112. The Labute approximate surface area is 67.1 Å². The fraction of sp³-hybridized carbons (Fsp3) is 0.300. The van der Waals surface area contributed by atoms with Crippen LogP contribution in [0, 0.1) is 0 Å². The van der Waals surface area contributed by atoms with E-state index >= 15 is 0 Å². The number of carbonyl (C=O) groups excluding carboxylic acids is 1. The molecule has 0 saturated carbocycles. The van der Waals surface area contributed by atoms with Crippen LogP contribution in [0.4, 0.5) is 0 Å². The fourth-order valence-electron chi connectivity index (χ4n) is 0.984. The largest absolute Gasteiger partial charge is 0.295 e. The first-order chi connectivity index (χ1) is 5.29. The van der Waals surface area contributed by atoms with Crippen molar-refractivity contribution >= 4 is 5.78 Å². The average molecular weight is 148 g/mol. The van der Waals surface area contributed by atoms with Crippen LogP contribution in [0.15, 0.2) is 36.0 Å². The number of hydrogen-bond donors (Lipinski definition) is 0. The number of ketones is 1. The van der Waals surface area contributed by atoms with Gasteiger partial charge in [0.05, 0.1) is 0 Å². The molecule has 0 fully saturated rings. The van der Waals surface area contributed by atoms with Gasteiger partial charge in [-0.3, -0.25) is 4.79 Å². The SMILES string of the molecule is CC(=O)/C=C/C1=CC=CCC1. The van der Waals surface area contributed by atoms with Crippen molar-refractivity contribution in [2.24, 2.45) is 0 Å². The lowest BCUT2D eigenvalue weighted by molar-refractivity contribution is -0.112. The molecule has 0 aromatic rings. The minimum absolute atomic E-state index is 0.112. The van der Waals surface area contributed by atoms with Gasteiger partial charge in [0.2, 0.25) is 0 Å². The molecule has 0 radical (unpaired) electrons. The minimum Gasteiger partial charge on any atom is -0.295 e. The second-order valence-corrected chi connectivity index (χ2v) is 2.65.